The summed E-state index contributed by atoms with van der Waals surface area (Å²) in [6.45, 7) is 4.12. The van der Waals surface area contributed by atoms with E-state index >= 15 is 0 Å². The van der Waals surface area contributed by atoms with Gasteiger partial charge in [0.2, 0.25) is 0 Å². The highest BCUT2D eigenvalue weighted by Crippen LogP contribution is 2.15. The molecule has 0 bridgehead atoms. The SMILES string of the molecule is CN=C(NCCCn1ccc2ccccc21)NCC1CCCN1C.I. The lowest BCUT2D eigenvalue weighted by atomic mass is 10.2. The van der Waals surface area contributed by atoms with Gasteiger partial charge in [0.25, 0.3) is 0 Å². The van der Waals surface area contributed by atoms with Crippen LogP contribution in [0.15, 0.2) is 41.5 Å². The Kier molecular flexibility index (Phi) is 8.02. The van der Waals surface area contributed by atoms with Crippen LogP contribution in [0.5, 0.6) is 0 Å². The van der Waals surface area contributed by atoms with Gasteiger partial charge in [0.15, 0.2) is 5.96 Å². The molecule has 1 saturated heterocycles. The summed E-state index contributed by atoms with van der Waals surface area (Å²) in [4.78, 5) is 6.76. The highest BCUT2D eigenvalue weighted by atomic mass is 127. The lowest BCUT2D eigenvalue weighted by Crippen LogP contribution is -2.44. The Morgan fingerprint density at radius 1 is 1.24 bits per heavy atom. The maximum Gasteiger partial charge on any atom is 0.191 e. The lowest BCUT2D eigenvalue weighted by molar-refractivity contribution is 0.309. The molecule has 1 aliphatic rings. The number of aromatic nitrogens is 1. The molecule has 1 aromatic heterocycles. The van der Waals surface area contributed by atoms with Crippen LogP contribution >= 0.6 is 24.0 Å². The van der Waals surface area contributed by atoms with Crippen molar-refractivity contribution in [2.75, 3.05) is 33.7 Å². The Balaban J connectivity index is 0.00000225. The minimum atomic E-state index is 0. The number of aliphatic imine (C=N–C) groups is 1. The molecule has 2 heterocycles. The maximum atomic E-state index is 4.33. The second-order valence-electron chi connectivity index (χ2n) is 6.58. The van der Waals surface area contributed by atoms with Gasteiger partial charge in [0.1, 0.15) is 0 Å². The molecular weight excluding hydrogens is 425 g/mol. The first-order valence-corrected chi connectivity index (χ1v) is 8.96. The number of para-hydroxylation sites is 1. The molecule has 1 aromatic carbocycles. The highest BCUT2D eigenvalue weighted by molar-refractivity contribution is 14.0. The molecule has 6 heteroatoms. The second kappa shape index (κ2) is 10.0. The number of likely N-dealkylation sites (tertiary alicyclic amines) is 1. The van der Waals surface area contributed by atoms with Crippen LogP contribution in [0, 0.1) is 0 Å². The number of nitrogens with zero attached hydrogens (tertiary/aromatic N) is 3. The van der Waals surface area contributed by atoms with E-state index in [1.807, 2.05) is 7.05 Å². The van der Waals surface area contributed by atoms with Gasteiger partial charge in [-0.3, -0.25) is 4.99 Å². The molecule has 2 aromatic rings. The molecule has 25 heavy (non-hydrogen) atoms. The van der Waals surface area contributed by atoms with E-state index in [2.05, 4.69) is 68.7 Å². The quantitative estimate of drug-likeness (QED) is 0.305. The molecule has 1 aliphatic heterocycles. The van der Waals surface area contributed by atoms with Gasteiger partial charge in [0, 0.05) is 44.4 Å². The van der Waals surface area contributed by atoms with Crippen LogP contribution in [0.2, 0.25) is 0 Å². The van der Waals surface area contributed by atoms with E-state index in [9.17, 15) is 0 Å². The van der Waals surface area contributed by atoms with Crippen molar-refractivity contribution < 1.29 is 0 Å². The van der Waals surface area contributed by atoms with Gasteiger partial charge in [-0.2, -0.15) is 0 Å². The van der Waals surface area contributed by atoms with Gasteiger partial charge < -0.3 is 20.1 Å². The van der Waals surface area contributed by atoms with Crippen molar-refractivity contribution in [1.29, 1.82) is 0 Å². The number of benzene rings is 1. The van der Waals surface area contributed by atoms with Crippen LogP contribution in [-0.4, -0.2) is 55.2 Å². The van der Waals surface area contributed by atoms with Crippen LogP contribution < -0.4 is 10.6 Å². The first-order chi connectivity index (χ1) is 11.8. The number of halogens is 1. The van der Waals surface area contributed by atoms with E-state index in [0.29, 0.717) is 6.04 Å². The molecule has 138 valence electrons. The molecule has 0 radical (unpaired) electrons. The van der Waals surface area contributed by atoms with Gasteiger partial charge in [-0.25, -0.2) is 0 Å². The summed E-state index contributed by atoms with van der Waals surface area (Å²) in [6, 6.07) is 11.3. The molecule has 1 fully saturated rings. The predicted octanol–water partition coefficient (Wildman–Crippen LogP) is 2.91. The number of guanidine groups is 1. The first kappa shape index (κ1) is 20.0. The van der Waals surface area contributed by atoms with Gasteiger partial charge in [-0.05, 0) is 50.4 Å². The number of aryl methyl sites for hydroxylation is 1. The molecule has 5 nitrogen and oxygen atoms in total. The summed E-state index contributed by atoms with van der Waals surface area (Å²) < 4.78 is 2.32. The van der Waals surface area contributed by atoms with Crippen molar-refractivity contribution in [1.82, 2.24) is 20.1 Å². The third-order valence-electron chi connectivity index (χ3n) is 4.95. The van der Waals surface area contributed by atoms with Crippen molar-refractivity contribution in [2.45, 2.75) is 31.8 Å². The summed E-state index contributed by atoms with van der Waals surface area (Å²) in [5.41, 5.74) is 1.31. The van der Waals surface area contributed by atoms with Crippen LogP contribution in [0.1, 0.15) is 19.3 Å². The molecular formula is C19H30IN5. The van der Waals surface area contributed by atoms with E-state index in [1.54, 1.807) is 0 Å². The number of hydrogen-bond donors (Lipinski definition) is 2. The number of fused-ring (bicyclic) bond motifs is 1. The molecule has 0 amide bonds. The molecule has 2 N–H and O–H groups in total. The zero-order valence-electron chi connectivity index (χ0n) is 15.2. The minimum absolute atomic E-state index is 0. The Bertz CT molecular complexity index is 681. The average Bonchev–Trinajstić information content (AvgIpc) is 3.21. The summed E-state index contributed by atoms with van der Waals surface area (Å²) in [7, 11) is 4.05. The average molecular weight is 455 g/mol. The van der Waals surface area contributed by atoms with Gasteiger partial charge in [0.05, 0.1) is 0 Å². The monoisotopic (exact) mass is 455 g/mol. The van der Waals surface area contributed by atoms with Crippen molar-refractivity contribution in [2.24, 2.45) is 4.99 Å². The topological polar surface area (TPSA) is 44.6 Å². The number of rotatable bonds is 6. The molecule has 3 rings (SSSR count). The highest BCUT2D eigenvalue weighted by Gasteiger charge is 2.20. The zero-order chi connectivity index (χ0) is 16.8. The fourth-order valence-electron chi connectivity index (χ4n) is 3.46. The van der Waals surface area contributed by atoms with E-state index in [0.717, 1.165) is 32.0 Å². The van der Waals surface area contributed by atoms with Crippen LogP contribution in [0.4, 0.5) is 0 Å². The van der Waals surface area contributed by atoms with Crippen molar-refractivity contribution in [3.05, 3.63) is 36.5 Å². The third kappa shape index (κ3) is 5.34. The largest absolute Gasteiger partial charge is 0.356 e. The van der Waals surface area contributed by atoms with Gasteiger partial charge in [-0.15, -0.1) is 24.0 Å². The lowest BCUT2D eigenvalue weighted by Gasteiger charge is -2.21. The zero-order valence-corrected chi connectivity index (χ0v) is 17.6. The van der Waals surface area contributed by atoms with Crippen LogP contribution in [-0.2, 0) is 6.54 Å². The number of likely N-dealkylation sites (N-methyl/N-ethyl adjacent to an activating group) is 1. The molecule has 1 unspecified atom stereocenters. The second-order valence-corrected chi connectivity index (χ2v) is 6.58. The fraction of sp³-hybridized carbons (Fsp3) is 0.526. The van der Waals surface area contributed by atoms with Gasteiger partial charge in [-0.1, -0.05) is 18.2 Å². The van der Waals surface area contributed by atoms with E-state index in [4.69, 9.17) is 0 Å². The Labute approximate surface area is 167 Å². The van der Waals surface area contributed by atoms with Crippen molar-refractivity contribution >= 4 is 40.8 Å². The Hall–Kier alpha value is -1.28. The van der Waals surface area contributed by atoms with Crippen LogP contribution in [0.25, 0.3) is 10.9 Å². The summed E-state index contributed by atoms with van der Waals surface area (Å²) in [5.74, 6) is 0.910. The van der Waals surface area contributed by atoms with Gasteiger partial charge >= 0.3 is 0 Å². The minimum Gasteiger partial charge on any atom is -0.356 e. The van der Waals surface area contributed by atoms with E-state index < -0.39 is 0 Å². The van der Waals surface area contributed by atoms with Crippen molar-refractivity contribution in [3.8, 4) is 0 Å². The molecule has 0 saturated carbocycles. The van der Waals surface area contributed by atoms with Crippen molar-refractivity contribution in [3.63, 3.8) is 0 Å². The Morgan fingerprint density at radius 2 is 2.08 bits per heavy atom. The summed E-state index contributed by atoms with van der Waals surface area (Å²) >= 11 is 0. The van der Waals surface area contributed by atoms with Crippen LogP contribution in [0.3, 0.4) is 0 Å². The smallest absolute Gasteiger partial charge is 0.191 e. The molecule has 0 spiro atoms. The first-order valence-electron chi connectivity index (χ1n) is 8.96. The number of nitrogens with one attached hydrogen (secondary N) is 2. The summed E-state index contributed by atoms with van der Waals surface area (Å²) in [6.07, 6.45) is 5.83. The molecule has 0 aliphatic carbocycles. The predicted molar refractivity (Wildman–Crippen MR) is 117 cm³/mol. The standard InChI is InChI=1S/C19H29N5.HI/c1-20-19(22-15-17-8-5-12-23(17)2)21-11-6-13-24-14-10-16-7-3-4-9-18(16)24;/h3-4,7,9-10,14,17H,5-6,8,11-13,15H2,1-2H3,(H2,20,21,22);1H. The fourth-order valence-corrected chi connectivity index (χ4v) is 3.46. The third-order valence-corrected chi connectivity index (χ3v) is 4.95. The summed E-state index contributed by atoms with van der Waals surface area (Å²) in [5, 5.41) is 8.19. The normalized spacial score (nSPS) is 18.3. The molecule has 1 atom stereocenters. The van der Waals surface area contributed by atoms with E-state index in [-0.39, 0.29) is 24.0 Å². The Morgan fingerprint density at radius 3 is 2.84 bits per heavy atom. The van der Waals surface area contributed by atoms with E-state index in [1.165, 1.54) is 30.3 Å². The number of hydrogen-bond acceptors (Lipinski definition) is 2. The maximum absolute atomic E-state index is 4.33.